The topological polar surface area (TPSA) is 64.0 Å². The third-order valence-electron chi connectivity index (χ3n) is 3.73. The smallest absolute Gasteiger partial charge is 0.261 e. The number of sulfonamides is 1. The van der Waals surface area contributed by atoms with Crippen molar-refractivity contribution in [3.63, 3.8) is 0 Å². The summed E-state index contributed by atoms with van der Waals surface area (Å²) in [7, 11) is -3.68. The lowest BCUT2D eigenvalue weighted by atomic mass is 10.1. The molecule has 1 N–H and O–H groups in total. The van der Waals surface area contributed by atoms with Crippen molar-refractivity contribution in [1.82, 2.24) is 9.78 Å². The van der Waals surface area contributed by atoms with Gasteiger partial charge in [-0.15, -0.1) is 0 Å². The molecule has 0 saturated heterocycles. The summed E-state index contributed by atoms with van der Waals surface area (Å²) >= 11 is 3.34. The molecule has 0 aliphatic heterocycles. The molecule has 2 aromatic carbocycles. The molecule has 124 valence electrons. The second kappa shape index (κ2) is 6.41. The van der Waals surface area contributed by atoms with Crippen molar-refractivity contribution in [2.45, 2.75) is 18.7 Å². The Hall–Kier alpha value is -2.12. The molecule has 1 heterocycles. The molecule has 0 atom stereocenters. The number of rotatable bonds is 4. The van der Waals surface area contributed by atoms with E-state index in [0.717, 1.165) is 15.6 Å². The first-order valence-electron chi connectivity index (χ1n) is 7.26. The Morgan fingerprint density at radius 2 is 1.83 bits per heavy atom. The average molecular weight is 406 g/mol. The number of para-hydroxylation sites is 2. The van der Waals surface area contributed by atoms with Crippen LogP contribution in [0.2, 0.25) is 0 Å². The van der Waals surface area contributed by atoms with E-state index in [1.807, 2.05) is 19.9 Å². The van der Waals surface area contributed by atoms with Gasteiger partial charge in [0.2, 0.25) is 0 Å². The molecule has 0 aliphatic carbocycles. The van der Waals surface area contributed by atoms with E-state index >= 15 is 0 Å². The third-order valence-corrected chi connectivity index (χ3v) is 5.51. The molecule has 0 saturated carbocycles. The zero-order valence-electron chi connectivity index (χ0n) is 13.2. The maximum atomic E-state index is 12.7. The second-order valence-corrected chi connectivity index (χ2v) is 8.07. The van der Waals surface area contributed by atoms with Gasteiger partial charge in [-0.1, -0.05) is 18.2 Å². The number of anilines is 1. The average Bonchev–Trinajstić information content (AvgIpc) is 2.96. The summed E-state index contributed by atoms with van der Waals surface area (Å²) in [6, 6.07) is 12.2. The summed E-state index contributed by atoms with van der Waals surface area (Å²) in [5.41, 5.74) is 3.10. The van der Waals surface area contributed by atoms with Crippen LogP contribution in [0.25, 0.3) is 5.69 Å². The maximum absolute atomic E-state index is 12.7. The highest BCUT2D eigenvalue weighted by atomic mass is 79.9. The van der Waals surface area contributed by atoms with Crippen LogP contribution in [0.1, 0.15) is 11.1 Å². The lowest BCUT2D eigenvalue weighted by Crippen LogP contribution is -2.15. The number of halogens is 1. The zero-order valence-corrected chi connectivity index (χ0v) is 15.6. The number of hydrogen-bond donors (Lipinski definition) is 1. The SMILES string of the molecule is Cc1ccc(S(=O)(=O)Nc2ccccc2-n2cc(Br)cn2)cc1C. The van der Waals surface area contributed by atoms with Gasteiger partial charge in [0.1, 0.15) is 0 Å². The summed E-state index contributed by atoms with van der Waals surface area (Å²) in [5, 5.41) is 4.21. The summed E-state index contributed by atoms with van der Waals surface area (Å²) in [6.45, 7) is 3.84. The van der Waals surface area contributed by atoms with Crippen molar-refractivity contribution in [2.75, 3.05) is 4.72 Å². The molecular weight excluding hydrogens is 390 g/mol. The van der Waals surface area contributed by atoms with Crippen molar-refractivity contribution in [3.05, 3.63) is 70.5 Å². The first-order chi connectivity index (χ1) is 11.4. The van der Waals surface area contributed by atoms with Gasteiger partial charge in [-0.25, -0.2) is 13.1 Å². The maximum Gasteiger partial charge on any atom is 0.261 e. The van der Waals surface area contributed by atoms with Gasteiger partial charge in [-0.05, 0) is 65.2 Å². The van der Waals surface area contributed by atoms with Gasteiger partial charge in [0, 0.05) is 6.20 Å². The minimum atomic E-state index is -3.68. The summed E-state index contributed by atoms with van der Waals surface area (Å²) in [4.78, 5) is 0.238. The monoisotopic (exact) mass is 405 g/mol. The first kappa shape index (κ1) is 16.7. The predicted octanol–water partition coefficient (Wildman–Crippen LogP) is 4.05. The Bertz CT molecular complexity index is 997. The summed E-state index contributed by atoms with van der Waals surface area (Å²) < 4.78 is 30.5. The molecule has 0 unspecified atom stereocenters. The molecule has 0 aliphatic rings. The Labute approximate surface area is 149 Å². The zero-order chi connectivity index (χ0) is 17.3. The summed E-state index contributed by atoms with van der Waals surface area (Å²) in [6.07, 6.45) is 3.41. The lowest BCUT2D eigenvalue weighted by Gasteiger charge is -2.13. The van der Waals surface area contributed by atoms with Gasteiger partial charge in [0.25, 0.3) is 10.0 Å². The predicted molar refractivity (Wildman–Crippen MR) is 98.0 cm³/mol. The molecule has 3 rings (SSSR count). The van der Waals surface area contributed by atoms with Crippen molar-refractivity contribution >= 4 is 31.6 Å². The van der Waals surface area contributed by atoms with E-state index in [-0.39, 0.29) is 4.90 Å². The van der Waals surface area contributed by atoms with Gasteiger partial charge < -0.3 is 0 Å². The third kappa shape index (κ3) is 3.37. The van der Waals surface area contributed by atoms with E-state index in [0.29, 0.717) is 11.4 Å². The highest BCUT2D eigenvalue weighted by Gasteiger charge is 2.17. The molecule has 0 amide bonds. The van der Waals surface area contributed by atoms with Crippen molar-refractivity contribution in [3.8, 4) is 5.69 Å². The molecular formula is C17H16BrN3O2S. The molecule has 24 heavy (non-hydrogen) atoms. The molecule has 0 spiro atoms. The fourth-order valence-electron chi connectivity index (χ4n) is 2.28. The van der Waals surface area contributed by atoms with Gasteiger partial charge in [0.05, 0.1) is 26.9 Å². The fraction of sp³-hybridized carbons (Fsp3) is 0.118. The molecule has 1 aromatic heterocycles. The molecule has 7 heteroatoms. The van der Waals surface area contributed by atoms with E-state index in [4.69, 9.17) is 0 Å². The standard InChI is InChI=1S/C17H16BrN3O2S/c1-12-7-8-15(9-13(12)2)24(22,23)20-16-5-3-4-6-17(16)21-11-14(18)10-19-21/h3-11,20H,1-2H3. The van der Waals surface area contributed by atoms with Crippen LogP contribution in [0, 0.1) is 13.8 Å². The Morgan fingerprint density at radius 3 is 2.50 bits per heavy atom. The van der Waals surface area contributed by atoms with Crippen LogP contribution in [0.3, 0.4) is 0 Å². The van der Waals surface area contributed by atoms with Gasteiger partial charge >= 0.3 is 0 Å². The Morgan fingerprint density at radius 1 is 1.08 bits per heavy atom. The number of aromatic nitrogens is 2. The van der Waals surface area contributed by atoms with Gasteiger partial charge in [-0.2, -0.15) is 5.10 Å². The number of nitrogens with one attached hydrogen (secondary N) is 1. The number of nitrogens with zero attached hydrogens (tertiary/aromatic N) is 2. The van der Waals surface area contributed by atoms with Crippen LogP contribution in [0.15, 0.2) is 64.2 Å². The molecule has 0 radical (unpaired) electrons. The van der Waals surface area contributed by atoms with Crippen LogP contribution in [0.5, 0.6) is 0 Å². The van der Waals surface area contributed by atoms with Crippen molar-refractivity contribution in [2.24, 2.45) is 0 Å². The number of hydrogen-bond acceptors (Lipinski definition) is 3. The fourth-order valence-corrected chi connectivity index (χ4v) is 3.72. The first-order valence-corrected chi connectivity index (χ1v) is 9.54. The normalized spacial score (nSPS) is 11.5. The van der Waals surface area contributed by atoms with Crippen molar-refractivity contribution < 1.29 is 8.42 Å². The lowest BCUT2D eigenvalue weighted by molar-refractivity contribution is 0.601. The second-order valence-electron chi connectivity index (χ2n) is 5.47. The highest BCUT2D eigenvalue weighted by molar-refractivity contribution is 9.10. The van der Waals surface area contributed by atoms with E-state index in [9.17, 15) is 8.42 Å². The highest BCUT2D eigenvalue weighted by Crippen LogP contribution is 2.24. The molecule has 0 fully saturated rings. The van der Waals surface area contributed by atoms with Crippen LogP contribution in [-0.2, 0) is 10.0 Å². The quantitative estimate of drug-likeness (QED) is 0.711. The molecule has 5 nitrogen and oxygen atoms in total. The molecule has 0 bridgehead atoms. The van der Waals surface area contributed by atoms with Crippen LogP contribution < -0.4 is 4.72 Å². The number of aryl methyl sites for hydroxylation is 2. The van der Waals surface area contributed by atoms with E-state index < -0.39 is 10.0 Å². The van der Waals surface area contributed by atoms with Crippen molar-refractivity contribution in [1.29, 1.82) is 0 Å². The minimum Gasteiger partial charge on any atom is -0.277 e. The molecule has 3 aromatic rings. The van der Waals surface area contributed by atoms with E-state index in [1.165, 1.54) is 0 Å². The van der Waals surface area contributed by atoms with E-state index in [1.54, 1.807) is 53.5 Å². The van der Waals surface area contributed by atoms with Crippen LogP contribution in [0.4, 0.5) is 5.69 Å². The van der Waals surface area contributed by atoms with Gasteiger partial charge in [-0.3, -0.25) is 4.72 Å². The van der Waals surface area contributed by atoms with Crippen LogP contribution >= 0.6 is 15.9 Å². The number of benzene rings is 2. The minimum absolute atomic E-state index is 0.238. The van der Waals surface area contributed by atoms with Gasteiger partial charge in [0.15, 0.2) is 0 Å². The largest absolute Gasteiger partial charge is 0.277 e. The Kier molecular flexibility index (Phi) is 4.47. The van der Waals surface area contributed by atoms with E-state index in [2.05, 4.69) is 25.8 Å². The Balaban J connectivity index is 2.00. The summed E-state index contributed by atoms with van der Waals surface area (Å²) in [5.74, 6) is 0. The van der Waals surface area contributed by atoms with Crippen LogP contribution in [-0.4, -0.2) is 18.2 Å².